The van der Waals surface area contributed by atoms with E-state index in [1.807, 2.05) is 31.2 Å². The second-order valence-corrected chi connectivity index (χ2v) is 9.98. The lowest BCUT2D eigenvalue weighted by molar-refractivity contribution is 0.0955. The summed E-state index contributed by atoms with van der Waals surface area (Å²) in [4.78, 5) is 14.1. The van der Waals surface area contributed by atoms with Crippen molar-refractivity contribution in [2.45, 2.75) is 24.1 Å². The maximum atomic E-state index is 12.6. The summed E-state index contributed by atoms with van der Waals surface area (Å²) >= 11 is 7.28. The van der Waals surface area contributed by atoms with Crippen LogP contribution >= 0.6 is 22.9 Å². The molecule has 0 saturated carbocycles. The van der Waals surface area contributed by atoms with Gasteiger partial charge in [-0.25, -0.2) is 8.42 Å². The van der Waals surface area contributed by atoms with E-state index < -0.39 is 9.84 Å². The number of halogens is 1. The maximum Gasteiger partial charge on any atom is 0.261 e. The number of hydrogen-bond acceptors (Lipinski definition) is 4. The van der Waals surface area contributed by atoms with Crippen LogP contribution in [0.2, 0.25) is 5.02 Å². The minimum absolute atomic E-state index is 0.114. The molecule has 0 fully saturated rings. The molecular formula is C20H16ClNO3S2. The molecule has 0 radical (unpaired) electrons. The van der Waals surface area contributed by atoms with Crippen molar-refractivity contribution in [2.75, 3.05) is 0 Å². The molecule has 1 aromatic heterocycles. The second kappa shape index (κ2) is 6.78. The summed E-state index contributed by atoms with van der Waals surface area (Å²) in [5, 5.41) is 3.29. The summed E-state index contributed by atoms with van der Waals surface area (Å²) in [6.07, 6.45) is 0. The molecule has 2 aromatic carbocycles. The zero-order valence-corrected chi connectivity index (χ0v) is 16.8. The van der Waals surface area contributed by atoms with Gasteiger partial charge in [0.05, 0.1) is 15.5 Å². The van der Waals surface area contributed by atoms with Gasteiger partial charge in [0.1, 0.15) is 0 Å². The summed E-state index contributed by atoms with van der Waals surface area (Å²) in [6, 6.07) is 14.5. The third-order valence-electron chi connectivity index (χ3n) is 4.44. The minimum atomic E-state index is -3.46. The third-order valence-corrected chi connectivity index (χ3v) is 7.58. The molecule has 27 heavy (non-hydrogen) atoms. The van der Waals surface area contributed by atoms with Crippen LogP contribution in [0.1, 0.15) is 26.4 Å². The number of sulfone groups is 1. The van der Waals surface area contributed by atoms with Crippen molar-refractivity contribution >= 4 is 38.7 Å². The minimum Gasteiger partial charge on any atom is -0.347 e. The lowest BCUT2D eigenvalue weighted by atomic mass is 10.1. The second-order valence-electron chi connectivity index (χ2n) is 6.54. The Balaban J connectivity index is 1.63. The Labute approximate surface area is 166 Å². The number of fused-ring (bicyclic) bond motifs is 3. The van der Waals surface area contributed by atoms with E-state index in [4.69, 9.17) is 11.6 Å². The van der Waals surface area contributed by atoms with E-state index in [0.717, 1.165) is 16.0 Å². The van der Waals surface area contributed by atoms with Crippen LogP contribution < -0.4 is 5.32 Å². The zero-order chi connectivity index (χ0) is 19.2. The van der Waals surface area contributed by atoms with Gasteiger partial charge in [0.2, 0.25) is 0 Å². The molecule has 0 bridgehead atoms. The quantitative estimate of drug-likeness (QED) is 0.677. The van der Waals surface area contributed by atoms with Crippen LogP contribution in [-0.4, -0.2) is 14.3 Å². The van der Waals surface area contributed by atoms with E-state index in [-0.39, 0.29) is 16.6 Å². The Morgan fingerprint density at radius 2 is 2.00 bits per heavy atom. The number of carbonyl (C=O) groups is 1. The fourth-order valence-corrected chi connectivity index (χ4v) is 6.32. The van der Waals surface area contributed by atoms with E-state index in [0.29, 0.717) is 27.6 Å². The summed E-state index contributed by atoms with van der Waals surface area (Å²) in [7, 11) is -3.46. The van der Waals surface area contributed by atoms with Crippen molar-refractivity contribution in [3.63, 3.8) is 0 Å². The smallest absolute Gasteiger partial charge is 0.261 e. The summed E-state index contributed by atoms with van der Waals surface area (Å²) in [5.74, 6) is -0.319. The monoisotopic (exact) mass is 417 g/mol. The fraction of sp³-hybridized carbons (Fsp3) is 0.150. The Morgan fingerprint density at radius 3 is 2.78 bits per heavy atom. The average molecular weight is 418 g/mol. The number of benzene rings is 2. The van der Waals surface area contributed by atoms with Gasteiger partial charge in [-0.3, -0.25) is 4.79 Å². The van der Waals surface area contributed by atoms with Gasteiger partial charge in [-0.05, 0) is 36.2 Å². The summed E-state index contributed by atoms with van der Waals surface area (Å²) in [6.45, 7) is 2.43. The van der Waals surface area contributed by atoms with Crippen molar-refractivity contribution in [1.82, 2.24) is 5.32 Å². The molecule has 1 N–H and O–H groups in total. The normalized spacial score (nSPS) is 14.3. The number of carbonyl (C=O) groups excluding carboxylic acids is 1. The van der Waals surface area contributed by atoms with Crippen molar-refractivity contribution in [1.29, 1.82) is 0 Å². The molecule has 2 heterocycles. The Bertz CT molecular complexity index is 1170. The summed E-state index contributed by atoms with van der Waals surface area (Å²) < 4.78 is 25.1. The molecule has 0 saturated heterocycles. The maximum absolute atomic E-state index is 12.6. The number of nitrogens with one attached hydrogen (secondary N) is 1. The van der Waals surface area contributed by atoms with E-state index in [1.54, 1.807) is 18.2 Å². The van der Waals surface area contributed by atoms with Gasteiger partial charge in [0, 0.05) is 22.0 Å². The van der Waals surface area contributed by atoms with Crippen LogP contribution in [0.3, 0.4) is 0 Å². The first-order valence-corrected chi connectivity index (χ1v) is 11.2. The number of rotatable bonds is 3. The Kier molecular flexibility index (Phi) is 4.58. The zero-order valence-electron chi connectivity index (χ0n) is 14.5. The molecule has 1 aliphatic heterocycles. The van der Waals surface area contributed by atoms with E-state index in [1.165, 1.54) is 17.4 Å². The van der Waals surface area contributed by atoms with Gasteiger partial charge in [0.25, 0.3) is 5.91 Å². The van der Waals surface area contributed by atoms with Gasteiger partial charge in [-0.15, -0.1) is 11.3 Å². The van der Waals surface area contributed by atoms with E-state index in [2.05, 4.69) is 5.32 Å². The van der Waals surface area contributed by atoms with Gasteiger partial charge in [-0.1, -0.05) is 47.5 Å². The molecule has 0 unspecified atom stereocenters. The highest BCUT2D eigenvalue weighted by Crippen LogP contribution is 2.43. The molecule has 138 valence electrons. The third kappa shape index (κ3) is 3.52. The first kappa shape index (κ1) is 18.2. The number of amides is 1. The highest BCUT2D eigenvalue weighted by atomic mass is 35.5. The van der Waals surface area contributed by atoms with Crippen molar-refractivity contribution in [3.8, 4) is 10.4 Å². The number of hydrogen-bond donors (Lipinski definition) is 1. The molecule has 4 rings (SSSR count). The van der Waals surface area contributed by atoms with Crippen molar-refractivity contribution in [2.24, 2.45) is 0 Å². The van der Waals surface area contributed by atoms with Gasteiger partial charge in [0.15, 0.2) is 9.84 Å². The molecule has 3 aromatic rings. The predicted molar refractivity (Wildman–Crippen MR) is 108 cm³/mol. The highest BCUT2D eigenvalue weighted by molar-refractivity contribution is 7.91. The van der Waals surface area contributed by atoms with Gasteiger partial charge >= 0.3 is 0 Å². The van der Waals surface area contributed by atoms with Crippen LogP contribution in [0.4, 0.5) is 0 Å². The Morgan fingerprint density at radius 1 is 1.19 bits per heavy atom. The largest absolute Gasteiger partial charge is 0.347 e. The first-order chi connectivity index (χ1) is 12.8. The highest BCUT2D eigenvalue weighted by Gasteiger charge is 2.31. The summed E-state index contributed by atoms with van der Waals surface area (Å²) in [5.41, 5.74) is 3.43. The lowest BCUT2D eigenvalue weighted by Crippen LogP contribution is -2.21. The average Bonchev–Trinajstić information content (AvgIpc) is 3.03. The van der Waals surface area contributed by atoms with E-state index >= 15 is 0 Å². The lowest BCUT2D eigenvalue weighted by Gasteiger charge is -2.16. The van der Waals surface area contributed by atoms with Crippen LogP contribution in [-0.2, 0) is 22.1 Å². The predicted octanol–water partition coefficient (Wildman–Crippen LogP) is 4.59. The van der Waals surface area contributed by atoms with Gasteiger partial charge < -0.3 is 5.32 Å². The number of thiophene rings is 1. The molecule has 0 aliphatic carbocycles. The van der Waals surface area contributed by atoms with Gasteiger partial charge in [-0.2, -0.15) is 0 Å². The molecule has 0 spiro atoms. The molecular weight excluding hydrogens is 402 g/mol. The van der Waals surface area contributed by atoms with Crippen LogP contribution in [0.5, 0.6) is 0 Å². The molecule has 7 heteroatoms. The molecule has 4 nitrogen and oxygen atoms in total. The van der Waals surface area contributed by atoms with Crippen LogP contribution in [0.25, 0.3) is 10.4 Å². The topological polar surface area (TPSA) is 63.2 Å². The van der Waals surface area contributed by atoms with Crippen molar-refractivity contribution < 1.29 is 13.2 Å². The van der Waals surface area contributed by atoms with Crippen LogP contribution in [0.15, 0.2) is 53.4 Å². The molecule has 1 amide bonds. The Hall–Kier alpha value is -2.15. The molecule has 0 atom stereocenters. The molecule has 1 aliphatic rings. The van der Waals surface area contributed by atoms with E-state index in [9.17, 15) is 13.2 Å². The standard InChI is InChI=1S/C20H16ClNO3S2/c1-12-3-2-4-13(7-12)10-22-20(23)17-8-14-11-27(24,25)18-9-15(21)5-6-16(18)19(14)26-17/h2-9H,10-11H2,1H3,(H,22,23). The van der Waals surface area contributed by atoms with Crippen LogP contribution in [0, 0.1) is 6.92 Å². The SMILES string of the molecule is Cc1cccc(CNC(=O)c2cc3c(s2)-c2ccc(Cl)cc2S(=O)(=O)C3)c1. The first-order valence-electron chi connectivity index (χ1n) is 8.32. The fourth-order valence-electron chi connectivity index (χ4n) is 3.19. The number of aryl methyl sites for hydroxylation is 1. The van der Waals surface area contributed by atoms with Crippen molar-refractivity contribution in [3.05, 3.63) is 75.1 Å².